The fourth-order valence-corrected chi connectivity index (χ4v) is 1.79. The fraction of sp³-hybridized carbons (Fsp3) is 0.167. The molecule has 1 aliphatic rings. The zero-order valence-corrected chi connectivity index (χ0v) is 9.93. The second-order valence-electron chi connectivity index (χ2n) is 4.13. The standard InChI is InChI=1S/C12H2F10/c13-3-1(4(14)8(18)11(21)7(3)17)2-5(15)9(19)12(22)10(20)6(2)16/h7,11H. The average Bonchev–Trinajstić information content (AvgIpc) is 2.50. The van der Waals surface area contributed by atoms with Crippen molar-refractivity contribution in [3.8, 4) is 0 Å². The Bertz CT molecular complexity index is 688. The van der Waals surface area contributed by atoms with Gasteiger partial charge in [0.1, 0.15) is 5.83 Å². The Balaban J connectivity index is 2.88. The quantitative estimate of drug-likeness (QED) is 0.389. The number of hydrogen-bond acceptors (Lipinski definition) is 0. The van der Waals surface area contributed by atoms with E-state index in [-0.39, 0.29) is 0 Å². The average molecular weight is 336 g/mol. The third-order valence-electron chi connectivity index (χ3n) is 2.87. The van der Waals surface area contributed by atoms with Gasteiger partial charge in [0, 0.05) is 0 Å². The third kappa shape index (κ3) is 2.08. The number of allylic oxidation sites excluding steroid dienone is 4. The van der Waals surface area contributed by atoms with Crippen LogP contribution in [0.15, 0.2) is 17.5 Å². The van der Waals surface area contributed by atoms with Gasteiger partial charge in [-0.2, -0.15) is 0 Å². The van der Waals surface area contributed by atoms with E-state index in [9.17, 15) is 43.9 Å². The minimum atomic E-state index is -3.50. The SMILES string of the molecule is FC1=C(F)C(F)C(F)C(F)=C1c1c(F)c(F)c(F)c(F)c1F. The summed E-state index contributed by atoms with van der Waals surface area (Å²) in [6.07, 6.45) is -6.94. The van der Waals surface area contributed by atoms with Crippen LogP contribution in [0.5, 0.6) is 0 Å². The number of halogens is 10. The molecule has 0 fully saturated rings. The summed E-state index contributed by atoms with van der Waals surface area (Å²) in [5.41, 5.74) is -4.43. The second kappa shape index (κ2) is 5.33. The summed E-state index contributed by atoms with van der Waals surface area (Å²) >= 11 is 0. The lowest BCUT2D eigenvalue weighted by Gasteiger charge is -2.21. The van der Waals surface area contributed by atoms with Crippen LogP contribution < -0.4 is 0 Å². The maximum Gasteiger partial charge on any atom is 0.200 e. The predicted octanol–water partition coefficient (Wildman–Crippen LogP) is 4.90. The fourth-order valence-electron chi connectivity index (χ4n) is 1.79. The van der Waals surface area contributed by atoms with E-state index in [1.807, 2.05) is 0 Å². The van der Waals surface area contributed by atoms with Gasteiger partial charge in [-0.05, 0) is 0 Å². The number of rotatable bonds is 1. The Morgan fingerprint density at radius 2 is 0.864 bits per heavy atom. The van der Waals surface area contributed by atoms with Crippen LogP contribution in [-0.4, -0.2) is 12.3 Å². The van der Waals surface area contributed by atoms with Crippen molar-refractivity contribution < 1.29 is 43.9 Å². The topological polar surface area (TPSA) is 0 Å². The van der Waals surface area contributed by atoms with Crippen molar-refractivity contribution >= 4 is 5.57 Å². The number of hydrogen-bond donors (Lipinski definition) is 0. The molecule has 0 saturated carbocycles. The highest BCUT2D eigenvalue weighted by Gasteiger charge is 2.43. The molecule has 0 aromatic heterocycles. The Kier molecular flexibility index (Phi) is 3.96. The molecule has 0 N–H and O–H groups in total. The molecule has 22 heavy (non-hydrogen) atoms. The molecule has 0 aliphatic heterocycles. The van der Waals surface area contributed by atoms with Gasteiger partial charge in [-0.1, -0.05) is 0 Å². The molecule has 0 saturated heterocycles. The first kappa shape index (κ1) is 16.4. The second-order valence-corrected chi connectivity index (χ2v) is 4.13. The first-order valence-corrected chi connectivity index (χ1v) is 5.36. The Morgan fingerprint density at radius 1 is 0.500 bits per heavy atom. The summed E-state index contributed by atoms with van der Waals surface area (Å²) in [5.74, 6) is -20.9. The van der Waals surface area contributed by atoms with Crippen LogP contribution in [0.25, 0.3) is 5.57 Å². The van der Waals surface area contributed by atoms with Crippen LogP contribution >= 0.6 is 0 Å². The van der Waals surface area contributed by atoms with E-state index in [4.69, 9.17) is 0 Å². The van der Waals surface area contributed by atoms with Crippen molar-refractivity contribution in [1.29, 1.82) is 0 Å². The zero-order valence-electron chi connectivity index (χ0n) is 9.93. The smallest absolute Gasteiger partial charge is 0.200 e. The van der Waals surface area contributed by atoms with Gasteiger partial charge in [0.2, 0.25) is 5.82 Å². The van der Waals surface area contributed by atoms with Gasteiger partial charge in [0.05, 0.1) is 11.1 Å². The monoisotopic (exact) mass is 336 g/mol. The lowest BCUT2D eigenvalue weighted by atomic mass is 9.93. The first-order chi connectivity index (χ1) is 10.1. The molecule has 1 aliphatic carbocycles. The molecule has 10 heteroatoms. The Labute approximate surface area is 115 Å². The number of benzene rings is 1. The maximum atomic E-state index is 13.5. The Morgan fingerprint density at radius 3 is 1.32 bits per heavy atom. The van der Waals surface area contributed by atoms with Crippen LogP contribution in [0.2, 0.25) is 0 Å². The molecule has 120 valence electrons. The summed E-state index contributed by atoms with van der Waals surface area (Å²) in [6, 6.07) is 0. The Hall–Kier alpha value is -2.00. The first-order valence-electron chi connectivity index (χ1n) is 5.36. The summed E-state index contributed by atoms with van der Waals surface area (Å²) in [5, 5.41) is 0. The van der Waals surface area contributed by atoms with Crippen molar-refractivity contribution in [2.45, 2.75) is 12.3 Å². The normalized spacial score (nSPS) is 22.6. The van der Waals surface area contributed by atoms with E-state index in [1.54, 1.807) is 0 Å². The van der Waals surface area contributed by atoms with Gasteiger partial charge in [-0.25, -0.2) is 43.9 Å². The predicted molar refractivity (Wildman–Crippen MR) is 53.3 cm³/mol. The lowest BCUT2D eigenvalue weighted by molar-refractivity contribution is 0.170. The van der Waals surface area contributed by atoms with Gasteiger partial charge in [0.25, 0.3) is 0 Å². The van der Waals surface area contributed by atoms with Crippen molar-refractivity contribution in [2.75, 3.05) is 0 Å². The van der Waals surface area contributed by atoms with E-state index in [1.165, 1.54) is 0 Å². The summed E-state index contributed by atoms with van der Waals surface area (Å²) in [6.45, 7) is 0. The van der Waals surface area contributed by atoms with E-state index in [0.717, 1.165) is 0 Å². The van der Waals surface area contributed by atoms with Gasteiger partial charge in [-0.15, -0.1) is 0 Å². The minimum absolute atomic E-state index is 2.20. The third-order valence-corrected chi connectivity index (χ3v) is 2.87. The molecule has 0 amide bonds. The minimum Gasteiger partial charge on any atom is -0.236 e. The van der Waals surface area contributed by atoms with Crippen LogP contribution in [0.4, 0.5) is 43.9 Å². The molecule has 0 spiro atoms. The summed E-state index contributed by atoms with van der Waals surface area (Å²) in [4.78, 5) is 0. The van der Waals surface area contributed by atoms with Gasteiger partial charge < -0.3 is 0 Å². The largest absolute Gasteiger partial charge is 0.236 e. The highest BCUT2D eigenvalue weighted by molar-refractivity contribution is 5.82. The van der Waals surface area contributed by atoms with E-state index >= 15 is 0 Å². The molecule has 0 bridgehead atoms. The van der Waals surface area contributed by atoms with Gasteiger partial charge >= 0.3 is 0 Å². The summed E-state index contributed by atoms with van der Waals surface area (Å²) < 4.78 is 132. The molecule has 0 radical (unpaired) electrons. The van der Waals surface area contributed by atoms with E-state index in [0.29, 0.717) is 0 Å². The zero-order chi connectivity index (χ0) is 16.9. The lowest BCUT2D eigenvalue weighted by Crippen LogP contribution is -2.25. The number of alkyl halides is 2. The van der Waals surface area contributed by atoms with Crippen molar-refractivity contribution in [1.82, 2.24) is 0 Å². The molecule has 0 nitrogen and oxygen atoms in total. The summed E-state index contributed by atoms with van der Waals surface area (Å²) in [7, 11) is 0. The highest BCUT2D eigenvalue weighted by atomic mass is 19.2. The molecule has 0 heterocycles. The highest BCUT2D eigenvalue weighted by Crippen LogP contribution is 2.44. The van der Waals surface area contributed by atoms with Crippen LogP contribution in [0.1, 0.15) is 5.56 Å². The molecule has 1 aromatic carbocycles. The maximum absolute atomic E-state index is 13.5. The van der Waals surface area contributed by atoms with E-state index < -0.39 is 70.0 Å². The van der Waals surface area contributed by atoms with Crippen molar-refractivity contribution in [3.05, 3.63) is 52.1 Å². The molecule has 2 unspecified atom stereocenters. The molecular weight excluding hydrogens is 334 g/mol. The molecular formula is C12H2F10. The molecule has 2 atom stereocenters. The van der Waals surface area contributed by atoms with Crippen LogP contribution in [0.3, 0.4) is 0 Å². The molecule has 1 aromatic rings. The van der Waals surface area contributed by atoms with Crippen LogP contribution in [0, 0.1) is 29.1 Å². The molecule has 2 rings (SSSR count). The van der Waals surface area contributed by atoms with E-state index in [2.05, 4.69) is 0 Å². The van der Waals surface area contributed by atoms with Crippen molar-refractivity contribution in [2.24, 2.45) is 0 Å². The van der Waals surface area contributed by atoms with Crippen molar-refractivity contribution in [3.63, 3.8) is 0 Å². The van der Waals surface area contributed by atoms with Crippen LogP contribution in [-0.2, 0) is 0 Å². The van der Waals surface area contributed by atoms with Gasteiger partial charge in [-0.3, -0.25) is 0 Å². The van der Waals surface area contributed by atoms with Gasteiger partial charge in [0.15, 0.2) is 47.3 Å².